The Balaban J connectivity index is 1.45. The van der Waals surface area contributed by atoms with Gasteiger partial charge in [0.2, 0.25) is 0 Å². The maximum Gasteiger partial charge on any atom is 0.338 e. The van der Waals surface area contributed by atoms with Gasteiger partial charge in [-0.2, -0.15) is 0 Å². The van der Waals surface area contributed by atoms with Crippen molar-refractivity contribution in [1.29, 1.82) is 0 Å². The van der Waals surface area contributed by atoms with Crippen LogP contribution in [-0.2, 0) is 9.63 Å². The molecule has 4 rings (SSSR count). The molecule has 2 aliphatic heterocycles. The predicted molar refractivity (Wildman–Crippen MR) is 92.2 cm³/mol. The van der Waals surface area contributed by atoms with Crippen LogP contribution in [0.5, 0.6) is 0 Å². The number of pyridine rings is 1. The van der Waals surface area contributed by atoms with Crippen molar-refractivity contribution in [1.82, 2.24) is 10.0 Å². The van der Waals surface area contributed by atoms with Crippen molar-refractivity contribution in [2.45, 2.75) is 12.8 Å². The van der Waals surface area contributed by atoms with Crippen molar-refractivity contribution in [2.24, 2.45) is 5.92 Å². The van der Waals surface area contributed by atoms with Gasteiger partial charge in [0.1, 0.15) is 5.82 Å². The summed E-state index contributed by atoms with van der Waals surface area (Å²) < 4.78 is 0. The quantitative estimate of drug-likeness (QED) is 0.788. The number of carbonyl (C=O) groups is 3. The van der Waals surface area contributed by atoms with Gasteiger partial charge in [-0.05, 0) is 37.1 Å². The summed E-state index contributed by atoms with van der Waals surface area (Å²) >= 11 is 0. The van der Waals surface area contributed by atoms with Crippen molar-refractivity contribution < 1.29 is 19.2 Å². The van der Waals surface area contributed by atoms with Crippen LogP contribution in [0.2, 0.25) is 0 Å². The average molecular weight is 351 g/mol. The maximum absolute atomic E-state index is 12.6. The summed E-state index contributed by atoms with van der Waals surface area (Å²) in [6.07, 6.45) is 3.15. The monoisotopic (exact) mass is 351 g/mol. The van der Waals surface area contributed by atoms with Crippen molar-refractivity contribution in [2.75, 3.05) is 18.0 Å². The molecule has 0 aliphatic carbocycles. The number of benzene rings is 1. The fraction of sp³-hybridized carbons (Fsp3) is 0.263. The Morgan fingerprint density at radius 1 is 1.04 bits per heavy atom. The Bertz CT molecular complexity index is 833. The van der Waals surface area contributed by atoms with E-state index in [1.165, 1.54) is 0 Å². The van der Waals surface area contributed by atoms with Crippen LogP contribution >= 0.6 is 0 Å². The van der Waals surface area contributed by atoms with Gasteiger partial charge < -0.3 is 9.74 Å². The Kier molecular flexibility index (Phi) is 4.12. The topological polar surface area (TPSA) is 79.8 Å². The second kappa shape index (κ2) is 6.59. The largest absolute Gasteiger partial charge is 0.356 e. The molecule has 1 atom stereocenters. The van der Waals surface area contributed by atoms with Crippen LogP contribution in [0.4, 0.5) is 5.82 Å². The second-order valence-electron chi connectivity index (χ2n) is 6.33. The zero-order chi connectivity index (χ0) is 18.1. The number of fused-ring (bicyclic) bond motifs is 1. The minimum atomic E-state index is -0.601. The van der Waals surface area contributed by atoms with Gasteiger partial charge >= 0.3 is 5.97 Å². The van der Waals surface area contributed by atoms with E-state index in [0.29, 0.717) is 18.0 Å². The first-order valence-corrected chi connectivity index (χ1v) is 8.51. The number of imide groups is 1. The van der Waals surface area contributed by atoms with Gasteiger partial charge in [0.05, 0.1) is 17.0 Å². The first-order chi connectivity index (χ1) is 12.6. The molecular weight excluding hydrogens is 334 g/mol. The van der Waals surface area contributed by atoms with Crippen LogP contribution in [0.1, 0.15) is 33.6 Å². The van der Waals surface area contributed by atoms with Crippen molar-refractivity contribution in [3.8, 4) is 0 Å². The van der Waals surface area contributed by atoms with Crippen LogP contribution in [-0.4, -0.2) is 40.9 Å². The van der Waals surface area contributed by atoms with E-state index in [9.17, 15) is 14.4 Å². The van der Waals surface area contributed by atoms with E-state index >= 15 is 0 Å². The number of rotatable bonds is 3. The highest BCUT2D eigenvalue weighted by atomic mass is 16.7. The standard InChI is InChI=1S/C19H17N3O4/c23-17-14-7-1-2-8-15(14)18(24)22(17)26-19(25)13-6-5-11-21(12-13)16-9-3-4-10-20-16/h1-4,7-10,13H,5-6,11-12H2. The van der Waals surface area contributed by atoms with E-state index in [4.69, 9.17) is 4.84 Å². The Labute approximate surface area is 150 Å². The van der Waals surface area contributed by atoms with E-state index in [0.717, 1.165) is 18.8 Å². The lowest BCUT2D eigenvalue weighted by Crippen LogP contribution is -2.42. The van der Waals surface area contributed by atoms with Crippen LogP contribution in [0.25, 0.3) is 0 Å². The predicted octanol–water partition coefficient (Wildman–Crippen LogP) is 2.05. The zero-order valence-electron chi connectivity index (χ0n) is 14.0. The van der Waals surface area contributed by atoms with Crippen molar-refractivity contribution >= 4 is 23.6 Å². The molecule has 1 fully saturated rings. The van der Waals surface area contributed by atoms with Crippen LogP contribution in [0, 0.1) is 5.92 Å². The number of piperidine rings is 1. The average Bonchev–Trinajstić information content (AvgIpc) is 2.94. The molecule has 3 heterocycles. The highest BCUT2D eigenvalue weighted by molar-refractivity contribution is 6.20. The van der Waals surface area contributed by atoms with Crippen molar-refractivity contribution in [3.05, 3.63) is 59.8 Å². The number of nitrogens with zero attached hydrogens (tertiary/aromatic N) is 3. The molecule has 2 aromatic rings. The molecule has 0 spiro atoms. The molecule has 7 nitrogen and oxygen atoms in total. The molecule has 1 saturated heterocycles. The summed E-state index contributed by atoms with van der Waals surface area (Å²) in [5, 5.41) is 0.576. The van der Waals surface area contributed by atoms with Crippen LogP contribution < -0.4 is 4.90 Å². The molecule has 26 heavy (non-hydrogen) atoms. The highest BCUT2D eigenvalue weighted by Crippen LogP contribution is 2.26. The van der Waals surface area contributed by atoms with Gasteiger partial charge in [-0.25, -0.2) is 9.78 Å². The Morgan fingerprint density at radius 3 is 2.38 bits per heavy atom. The number of hydrogen-bond acceptors (Lipinski definition) is 6. The molecule has 1 aromatic carbocycles. The molecule has 2 amide bonds. The minimum absolute atomic E-state index is 0.254. The fourth-order valence-corrected chi connectivity index (χ4v) is 3.33. The van der Waals surface area contributed by atoms with Gasteiger partial charge in [0.15, 0.2) is 0 Å². The lowest BCUT2D eigenvalue weighted by molar-refractivity contribution is -0.174. The SMILES string of the molecule is O=C(ON1C(=O)c2ccccc2C1=O)C1CCCN(c2ccccn2)C1. The van der Waals surface area contributed by atoms with Crippen LogP contribution in [0.3, 0.4) is 0 Å². The van der Waals surface area contributed by atoms with E-state index in [2.05, 4.69) is 4.98 Å². The summed E-state index contributed by atoms with van der Waals surface area (Å²) in [6.45, 7) is 1.24. The third-order valence-electron chi connectivity index (χ3n) is 4.67. The Hall–Kier alpha value is -3.22. The lowest BCUT2D eigenvalue weighted by Gasteiger charge is -2.32. The molecule has 0 N–H and O–H groups in total. The summed E-state index contributed by atoms with van der Waals surface area (Å²) in [5.74, 6) is -1.39. The maximum atomic E-state index is 12.6. The molecule has 1 aromatic heterocycles. The molecule has 132 valence electrons. The zero-order valence-corrected chi connectivity index (χ0v) is 14.0. The van der Waals surface area contributed by atoms with Gasteiger partial charge in [-0.1, -0.05) is 23.3 Å². The fourth-order valence-electron chi connectivity index (χ4n) is 3.33. The van der Waals surface area contributed by atoms with Gasteiger partial charge in [-0.15, -0.1) is 0 Å². The van der Waals surface area contributed by atoms with Gasteiger partial charge in [-0.3, -0.25) is 9.59 Å². The molecule has 7 heteroatoms. The molecule has 2 aliphatic rings. The van der Waals surface area contributed by atoms with Gasteiger partial charge in [0, 0.05) is 19.3 Å². The molecule has 0 saturated carbocycles. The number of anilines is 1. The third-order valence-corrected chi connectivity index (χ3v) is 4.67. The second-order valence-corrected chi connectivity index (χ2v) is 6.33. The molecule has 1 unspecified atom stereocenters. The van der Waals surface area contributed by atoms with Crippen LogP contribution in [0.15, 0.2) is 48.7 Å². The number of carbonyl (C=O) groups excluding carboxylic acids is 3. The highest BCUT2D eigenvalue weighted by Gasteiger charge is 2.40. The van der Waals surface area contributed by atoms with E-state index in [1.807, 2.05) is 23.1 Å². The summed E-state index contributed by atoms with van der Waals surface area (Å²) in [4.78, 5) is 48.7. The van der Waals surface area contributed by atoms with E-state index in [-0.39, 0.29) is 11.1 Å². The number of hydroxylamine groups is 2. The third kappa shape index (κ3) is 2.81. The first kappa shape index (κ1) is 16.3. The van der Waals surface area contributed by atoms with E-state index in [1.54, 1.807) is 30.5 Å². The van der Waals surface area contributed by atoms with Gasteiger partial charge in [0.25, 0.3) is 11.8 Å². The van der Waals surface area contributed by atoms with Crippen molar-refractivity contribution in [3.63, 3.8) is 0 Å². The Morgan fingerprint density at radius 2 is 1.73 bits per heavy atom. The van der Waals surface area contributed by atoms with E-state index < -0.39 is 23.7 Å². The summed E-state index contributed by atoms with van der Waals surface area (Å²) in [7, 11) is 0. The number of amides is 2. The summed E-state index contributed by atoms with van der Waals surface area (Å²) in [5.41, 5.74) is 0.508. The number of hydrogen-bond donors (Lipinski definition) is 0. The minimum Gasteiger partial charge on any atom is -0.356 e. The normalized spacial score (nSPS) is 19.5. The molecule has 0 radical (unpaired) electrons. The number of aromatic nitrogens is 1. The molecular formula is C19H17N3O4. The summed E-state index contributed by atoms with van der Waals surface area (Å²) in [6, 6.07) is 12.0. The molecule has 0 bridgehead atoms. The lowest BCUT2D eigenvalue weighted by atomic mass is 9.98. The smallest absolute Gasteiger partial charge is 0.338 e. The first-order valence-electron chi connectivity index (χ1n) is 8.51.